The maximum Gasteiger partial charge on any atom is 0.412 e. The van der Waals surface area contributed by atoms with Crippen molar-refractivity contribution in [1.29, 1.82) is 0 Å². The van der Waals surface area contributed by atoms with E-state index in [-0.39, 0.29) is 36.0 Å². The lowest BCUT2D eigenvalue weighted by Crippen LogP contribution is -2.53. The number of ketones is 1. The Morgan fingerprint density at radius 1 is 1.00 bits per heavy atom. The third-order valence-electron chi connectivity index (χ3n) is 10.5. The van der Waals surface area contributed by atoms with Crippen LogP contribution in [0.1, 0.15) is 95.4 Å². The zero-order valence-corrected chi connectivity index (χ0v) is 32.2. The molecule has 5 atom stereocenters. The molecule has 1 aliphatic rings. The van der Waals surface area contributed by atoms with Crippen LogP contribution < -0.4 is 0 Å². The lowest BCUT2D eigenvalue weighted by Gasteiger charge is -2.45. The van der Waals surface area contributed by atoms with E-state index in [0.29, 0.717) is 5.57 Å². The topological polar surface area (TPSA) is 61.8 Å². The van der Waals surface area contributed by atoms with Crippen LogP contribution in [0.25, 0.3) is 0 Å². The Kier molecular flexibility index (Phi) is 14.8. The van der Waals surface area contributed by atoms with Crippen molar-refractivity contribution in [3.63, 3.8) is 0 Å². The van der Waals surface area contributed by atoms with Crippen molar-refractivity contribution in [2.75, 3.05) is 0 Å². The zero-order valence-electron chi connectivity index (χ0n) is 30.2. The molecule has 1 rings (SSSR count). The molecule has 0 N–H and O–H groups in total. The number of carbonyl (C=O) groups excluding carboxylic acids is 2. The van der Waals surface area contributed by atoms with Gasteiger partial charge in [0.25, 0.3) is 0 Å². The average Bonchev–Trinajstić information content (AvgIpc) is 3.13. The van der Waals surface area contributed by atoms with Gasteiger partial charge in [0.1, 0.15) is 11.9 Å². The molecule has 0 saturated heterocycles. The molecule has 0 aromatic rings. The molecule has 5 nitrogen and oxygen atoms in total. The van der Waals surface area contributed by atoms with Crippen molar-refractivity contribution in [1.82, 2.24) is 0 Å². The molecule has 0 heterocycles. The summed E-state index contributed by atoms with van der Waals surface area (Å²) >= 11 is 0. The van der Waals surface area contributed by atoms with Crippen LogP contribution in [0.3, 0.4) is 0 Å². The highest BCUT2D eigenvalue weighted by molar-refractivity contribution is 6.74. The molecular weight excluding hydrogens is 614 g/mol. The fraction of sp³-hybridized carbons (Fsp3) is 0.771. The summed E-state index contributed by atoms with van der Waals surface area (Å²) in [6, 6.07) is 2.47. The van der Waals surface area contributed by atoms with Crippen LogP contribution in [0, 0.1) is 17.3 Å². The summed E-state index contributed by atoms with van der Waals surface area (Å²) in [7, 11) is -4.56. The van der Waals surface area contributed by atoms with Gasteiger partial charge in [0.05, 0.1) is 18.6 Å². The molecule has 0 bridgehead atoms. The summed E-state index contributed by atoms with van der Waals surface area (Å²) in [6.45, 7) is 30.3. The molecule has 0 spiro atoms. The number of Topliss-reactive ketones (excluding diaryl/α,β-unsaturated/α-hetero) is 1. The number of rotatable bonds is 16. The fourth-order valence-electron chi connectivity index (χ4n) is 5.61. The second-order valence-electron chi connectivity index (χ2n) is 15.0. The summed E-state index contributed by atoms with van der Waals surface area (Å²) in [6.07, 6.45) is -2.49. The first kappa shape index (κ1) is 41.5. The van der Waals surface area contributed by atoms with Gasteiger partial charge in [-0.1, -0.05) is 87.5 Å². The van der Waals surface area contributed by atoms with Crippen LogP contribution in [0.4, 0.5) is 13.2 Å². The SMILES string of the molecule is C=C[C@H](C)[C@H](O[Si](C)(C)C(C)(C)C)[C@@H](C)C(=O)C(C)(C)[C@H](CC(=O)OC1CC=C(C(F)(F)F)CC=C1C)O[Si](CC)(CC)CC. The van der Waals surface area contributed by atoms with Gasteiger partial charge in [0.15, 0.2) is 16.6 Å². The van der Waals surface area contributed by atoms with E-state index in [1.165, 1.54) is 6.08 Å². The smallest absolute Gasteiger partial charge is 0.412 e. The first-order valence-electron chi connectivity index (χ1n) is 16.6. The van der Waals surface area contributed by atoms with E-state index < -0.39 is 64.0 Å². The molecule has 0 aromatic heterocycles. The maximum absolute atomic E-state index is 14.5. The molecule has 10 heteroatoms. The Labute approximate surface area is 273 Å². The molecule has 1 aliphatic carbocycles. The quantitative estimate of drug-likeness (QED) is 0.0926. The maximum atomic E-state index is 14.5. The second-order valence-corrected chi connectivity index (χ2v) is 24.4. The van der Waals surface area contributed by atoms with E-state index in [4.69, 9.17) is 13.6 Å². The lowest BCUT2D eigenvalue weighted by molar-refractivity contribution is -0.153. The summed E-state index contributed by atoms with van der Waals surface area (Å²) in [5.74, 6) is -1.25. The number of esters is 1. The van der Waals surface area contributed by atoms with Crippen molar-refractivity contribution in [2.24, 2.45) is 17.3 Å². The van der Waals surface area contributed by atoms with Crippen molar-refractivity contribution >= 4 is 28.4 Å². The predicted molar refractivity (Wildman–Crippen MR) is 183 cm³/mol. The van der Waals surface area contributed by atoms with Gasteiger partial charge in [-0.25, -0.2) is 0 Å². The normalized spacial score (nSPS) is 19.9. The number of ether oxygens (including phenoxy) is 1. The zero-order chi connectivity index (χ0) is 35.2. The molecule has 0 saturated carbocycles. The molecule has 0 radical (unpaired) electrons. The molecule has 0 amide bonds. The van der Waals surface area contributed by atoms with Crippen molar-refractivity contribution in [2.45, 2.75) is 156 Å². The largest absolute Gasteiger partial charge is 0.457 e. The number of halogens is 3. The molecule has 45 heavy (non-hydrogen) atoms. The monoisotopic (exact) mass is 674 g/mol. The Hall–Kier alpha value is -1.50. The van der Waals surface area contributed by atoms with Gasteiger partial charge in [-0.15, -0.1) is 6.58 Å². The van der Waals surface area contributed by atoms with Crippen LogP contribution in [0.2, 0.25) is 36.3 Å². The number of alkyl halides is 3. The van der Waals surface area contributed by atoms with Gasteiger partial charge in [-0.05, 0) is 61.1 Å². The standard InChI is InChI=1S/C35H61F3O5Si2/c1-15-24(5)31(43-44(13,14)33(8,9)10)26(7)32(40)34(11,12)29(42-45(16-2,17-3)18-4)23-30(39)41-28-22-21-27(35(36,37)38)20-19-25(28)6/h15,19,21,24,26,28-29,31H,1,16-18,20,22-23H2,2-14H3/t24-,26+,28?,29-,31-/m0/s1. The first-order valence-corrected chi connectivity index (χ1v) is 22.0. The van der Waals surface area contributed by atoms with E-state index in [2.05, 4.69) is 61.2 Å². The minimum atomic E-state index is -4.43. The minimum absolute atomic E-state index is 0.0583. The van der Waals surface area contributed by atoms with E-state index in [1.54, 1.807) is 6.92 Å². The minimum Gasteiger partial charge on any atom is -0.457 e. The Balaban J connectivity index is 3.46. The Bertz CT molecular complexity index is 1080. The van der Waals surface area contributed by atoms with Crippen LogP contribution in [0.5, 0.6) is 0 Å². The highest BCUT2D eigenvalue weighted by Crippen LogP contribution is 2.42. The van der Waals surface area contributed by atoms with Crippen LogP contribution in [-0.4, -0.2) is 52.9 Å². The Morgan fingerprint density at radius 2 is 1.53 bits per heavy atom. The predicted octanol–water partition coefficient (Wildman–Crippen LogP) is 10.4. The summed E-state index contributed by atoms with van der Waals surface area (Å²) in [5, 5.41) is -0.0605. The van der Waals surface area contributed by atoms with Crippen molar-refractivity contribution in [3.8, 4) is 0 Å². The summed E-state index contributed by atoms with van der Waals surface area (Å²) < 4.78 is 59.6. The van der Waals surface area contributed by atoms with Crippen molar-refractivity contribution < 1.29 is 36.3 Å². The van der Waals surface area contributed by atoms with Gasteiger partial charge in [0, 0.05) is 23.3 Å². The molecule has 0 aromatic carbocycles. The number of allylic oxidation sites excluding steroid dienone is 2. The third-order valence-corrected chi connectivity index (χ3v) is 19.6. The van der Waals surface area contributed by atoms with Crippen LogP contribution >= 0.6 is 0 Å². The van der Waals surface area contributed by atoms with Crippen LogP contribution in [-0.2, 0) is 23.2 Å². The van der Waals surface area contributed by atoms with Crippen LogP contribution in [0.15, 0.2) is 36.0 Å². The number of hydrogen-bond donors (Lipinski definition) is 0. The van der Waals surface area contributed by atoms with Gasteiger partial charge >= 0.3 is 12.1 Å². The fourth-order valence-corrected chi connectivity index (χ4v) is 10.0. The molecule has 1 unspecified atom stereocenters. The molecule has 0 aliphatic heterocycles. The average molecular weight is 675 g/mol. The Morgan fingerprint density at radius 3 is 1.98 bits per heavy atom. The van der Waals surface area contributed by atoms with E-state index >= 15 is 0 Å². The van der Waals surface area contributed by atoms with E-state index in [1.807, 2.05) is 33.8 Å². The van der Waals surface area contributed by atoms with Gasteiger partial charge in [-0.3, -0.25) is 9.59 Å². The summed E-state index contributed by atoms with van der Waals surface area (Å²) in [4.78, 5) is 28.0. The van der Waals surface area contributed by atoms with E-state index in [0.717, 1.165) is 24.2 Å². The number of hydrogen-bond acceptors (Lipinski definition) is 5. The van der Waals surface area contributed by atoms with Gasteiger partial charge in [-0.2, -0.15) is 13.2 Å². The molecule has 0 fully saturated rings. The lowest BCUT2D eigenvalue weighted by atomic mass is 9.73. The number of carbonyl (C=O) groups is 2. The molecule has 260 valence electrons. The third kappa shape index (κ3) is 10.8. The van der Waals surface area contributed by atoms with Gasteiger partial charge < -0.3 is 13.6 Å². The highest BCUT2D eigenvalue weighted by atomic mass is 28.4. The van der Waals surface area contributed by atoms with Gasteiger partial charge in [0.2, 0.25) is 0 Å². The molecular formula is C35H61F3O5Si2. The van der Waals surface area contributed by atoms with Crippen molar-refractivity contribution in [3.05, 3.63) is 36.0 Å². The highest BCUT2D eigenvalue weighted by Gasteiger charge is 2.49. The second kappa shape index (κ2) is 16.1. The first-order chi connectivity index (χ1) is 20.4. The summed E-state index contributed by atoms with van der Waals surface area (Å²) in [5.41, 5.74) is -1.15. The van der Waals surface area contributed by atoms with E-state index in [9.17, 15) is 22.8 Å².